The van der Waals surface area contributed by atoms with Crippen LogP contribution < -0.4 is 5.32 Å². The lowest BCUT2D eigenvalue weighted by molar-refractivity contribution is -0.129. The van der Waals surface area contributed by atoms with Crippen LogP contribution in [0.25, 0.3) is 0 Å². The fraction of sp³-hybridized carbons (Fsp3) is 0.882. The third-order valence-electron chi connectivity index (χ3n) is 4.37. The molecule has 0 aromatic heterocycles. The molecule has 2 rings (SSSR count). The van der Waals surface area contributed by atoms with Crippen LogP contribution in [0.2, 0.25) is 0 Å². The molecule has 0 saturated carbocycles. The molecule has 2 heterocycles. The summed E-state index contributed by atoms with van der Waals surface area (Å²) < 4.78 is 5.50. The fourth-order valence-electron chi connectivity index (χ4n) is 3.20. The van der Waals surface area contributed by atoms with Crippen molar-refractivity contribution in [3.05, 3.63) is 0 Å². The van der Waals surface area contributed by atoms with Crippen molar-refractivity contribution in [2.75, 3.05) is 32.7 Å². The Labute approximate surface area is 139 Å². The molecule has 1 N–H and O–H groups in total. The number of hydrogen-bond acceptors (Lipinski definition) is 4. The molecule has 1 atom stereocenters. The summed E-state index contributed by atoms with van der Waals surface area (Å²) in [7, 11) is 0. The van der Waals surface area contributed by atoms with Gasteiger partial charge in [-0.15, -0.1) is 0 Å². The number of carbonyl (C=O) groups excluding carboxylic acids is 2. The number of piperidine rings is 1. The predicted octanol–water partition coefficient (Wildman–Crippen LogP) is 1.99. The second-order valence-electron chi connectivity index (χ2n) is 7.54. The summed E-state index contributed by atoms with van der Waals surface area (Å²) in [6, 6.07) is 0.116. The van der Waals surface area contributed by atoms with Gasteiger partial charge in [0.1, 0.15) is 5.60 Å². The van der Waals surface area contributed by atoms with E-state index >= 15 is 0 Å². The maximum atomic E-state index is 12.3. The Hall–Kier alpha value is -1.30. The molecule has 6 nitrogen and oxygen atoms in total. The summed E-state index contributed by atoms with van der Waals surface area (Å²) >= 11 is 0. The zero-order valence-corrected chi connectivity index (χ0v) is 14.8. The van der Waals surface area contributed by atoms with E-state index in [-0.39, 0.29) is 18.0 Å². The first kappa shape index (κ1) is 18.0. The maximum Gasteiger partial charge on any atom is 0.410 e. The van der Waals surface area contributed by atoms with E-state index in [9.17, 15) is 9.59 Å². The van der Waals surface area contributed by atoms with E-state index in [0.29, 0.717) is 13.1 Å². The minimum absolute atomic E-state index is 0.116. The molecule has 0 radical (unpaired) electrons. The highest BCUT2D eigenvalue weighted by Gasteiger charge is 2.30. The molecule has 6 heteroatoms. The Kier molecular flexibility index (Phi) is 6.27. The normalized spacial score (nSPS) is 22.3. The van der Waals surface area contributed by atoms with Crippen molar-refractivity contribution in [1.82, 2.24) is 15.1 Å². The Balaban J connectivity index is 1.79. The van der Waals surface area contributed by atoms with Crippen LogP contribution in [0.3, 0.4) is 0 Å². The summed E-state index contributed by atoms with van der Waals surface area (Å²) in [4.78, 5) is 28.1. The van der Waals surface area contributed by atoms with Crippen molar-refractivity contribution >= 4 is 12.0 Å². The van der Waals surface area contributed by atoms with Crippen molar-refractivity contribution in [2.45, 2.75) is 64.5 Å². The lowest BCUT2D eigenvalue weighted by Crippen LogP contribution is -2.51. The smallest absolute Gasteiger partial charge is 0.410 e. The molecule has 0 bridgehead atoms. The largest absolute Gasteiger partial charge is 0.444 e. The molecule has 0 aliphatic carbocycles. The summed E-state index contributed by atoms with van der Waals surface area (Å²) in [5.41, 5.74) is -0.474. The monoisotopic (exact) mass is 325 g/mol. The van der Waals surface area contributed by atoms with Crippen LogP contribution >= 0.6 is 0 Å². The molecule has 0 aromatic carbocycles. The zero-order chi connectivity index (χ0) is 16.9. The molecule has 2 saturated heterocycles. The predicted molar refractivity (Wildman–Crippen MR) is 89.3 cm³/mol. The van der Waals surface area contributed by atoms with E-state index in [1.54, 1.807) is 0 Å². The Morgan fingerprint density at radius 3 is 2.39 bits per heavy atom. The van der Waals surface area contributed by atoms with Gasteiger partial charge in [0.25, 0.3) is 0 Å². The number of carbonyl (C=O) groups is 2. The third-order valence-corrected chi connectivity index (χ3v) is 4.37. The van der Waals surface area contributed by atoms with Crippen LogP contribution in [0.15, 0.2) is 0 Å². The highest BCUT2D eigenvalue weighted by molar-refractivity contribution is 5.78. The van der Waals surface area contributed by atoms with Crippen LogP contribution in [0.1, 0.15) is 52.9 Å². The van der Waals surface area contributed by atoms with Gasteiger partial charge in [-0.05, 0) is 52.9 Å². The minimum atomic E-state index is -0.474. The Bertz CT molecular complexity index is 414. The quantitative estimate of drug-likeness (QED) is 0.859. The average Bonchev–Trinajstić information content (AvgIpc) is 3.00. The van der Waals surface area contributed by atoms with Gasteiger partial charge >= 0.3 is 6.09 Å². The van der Waals surface area contributed by atoms with Gasteiger partial charge in [-0.2, -0.15) is 0 Å². The van der Waals surface area contributed by atoms with Gasteiger partial charge in [0.05, 0.1) is 6.54 Å². The first-order chi connectivity index (χ1) is 10.9. The van der Waals surface area contributed by atoms with Crippen LogP contribution in [-0.4, -0.2) is 66.2 Å². The van der Waals surface area contributed by atoms with E-state index in [4.69, 9.17) is 4.74 Å². The lowest BCUT2D eigenvalue weighted by atomic mass is 10.0. The third kappa shape index (κ3) is 5.68. The van der Waals surface area contributed by atoms with Crippen LogP contribution in [0.5, 0.6) is 0 Å². The lowest BCUT2D eigenvalue weighted by Gasteiger charge is -2.37. The second-order valence-corrected chi connectivity index (χ2v) is 7.54. The van der Waals surface area contributed by atoms with E-state index in [1.165, 1.54) is 0 Å². The van der Waals surface area contributed by atoms with Crippen LogP contribution in [0, 0.1) is 0 Å². The molecular weight excluding hydrogens is 294 g/mol. The first-order valence-electron chi connectivity index (χ1n) is 8.85. The highest BCUT2D eigenvalue weighted by Crippen LogP contribution is 2.20. The van der Waals surface area contributed by atoms with Gasteiger partial charge < -0.3 is 19.9 Å². The Morgan fingerprint density at radius 1 is 1.09 bits per heavy atom. The van der Waals surface area contributed by atoms with Gasteiger partial charge in [-0.3, -0.25) is 4.79 Å². The molecule has 2 aliphatic heterocycles. The molecule has 0 aromatic rings. The number of likely N-dealkylation sites (tertiary alicyclic amines) is 2. The maximum absolute atomic E-state index is 12.3. The number of amides is 2. The number of ether oxygens (including phenoxy) is 1. The van der Waals surface area contributed by atoms with E-state index < -0.39 is 5.60 Å². The van der Waals surface area contributed by atoms with E-state index in [2.05, 4.69) is 5.32 Å². The zero-order valence-electron chi connectivity index (χ0n) is 14.8. The van der Waals surface area contributed by atoms with Gasteiger partial charge in [0.15, 0.2) is 0 Å². The van der Waals surface area contributed by atoms with E-state index in [1.807, 2.05) is 30.6 Å². The summed E-state index contributed by atoms with van der Waals surface area (Å²) in [6.07, 6.45) is 5.08. The highest BCUT2D eigenvalue weighted by atomic mass is 16.6. The minimum Gasteiger partial charge on any atom is -0.444 e. The number of rotatable bonds is 4. The molecule has 2 amide bonds. The van der Waals surface area contributed by atoms with Crippen molar-refractivity contribution in [1.29, 1.82) is 0 Å². The molecule has 2 aliphatic rings. The van der Waals surface area contributed by atoms with E-state index in [0.717, 1.165) is 51.7 Å². The van der Waals surface area contributed by atoms with Gasteiger partial charge in [-0.1, -0.05) is 0 Å². The number of hydrogen-bond donors (Lipinski definition) is 1. The van der Waals surface area contributed by atoms with Crippen LogP contribution in [0.4, 0.5) is 4.79 Å². The van der Waals surface area contributed by atoms with Crippen molar-refractivity contribution in [3.8, 4) is 0 Å². The molecule has 23 heavy (non-hydrogen) atoms. The SMILES string of the molecule is CC(C)(C)OC(=O)N1CCCCC1CNCC(=O)N1CCCC1. The average molecular weight is 325 g/mol. The summed E-state index contributed by atoms with van der Waals surface area (Å²) in [5.74, 6) is 0.169. The number of nitrogens with one attached hydrogen (secondary N) is 1. The molecule has 1 unspecified atom stereocenters. The van der Waals surface area contributed by atoms with Crippen molar-refractivity contribution < 1.29 is 14.3 Å². The summed E-state index contributed by atoms with van der Waals surface area (Å²) in [6.45, 7) is 9.17. The molecular formula is C17H31N3O3. The number of nitrogens with zero attached hydrogens (tertiary/aromatic N) is 2. The first-order valence-corrected chi connectivity index (χ1v) is 8.85. The standard InChI is InChI=1S/C17H31N3O3/c1-17(2,3)23-16(22)20-11-5-4-8-14(20)12-18-13-15(21)19-9-6-7-10-19/h14,18H,4-13H2,1-3H3. The molecule has 132 valence electrons. The molecule has 2 fully saturated rings. The summed E-state index contributed by atoms with van der Waals surface area (Å²) in [5, 5.41) is 3.24. The van der Waals surface area contributed by atoms with Crippen molar-refractivity contribution in [2.24, 2.45) is 0 Å². The Morgan fingerprint density at radius 2 is 1.74 bits per heavy atom. The molecule has 0 spiro atoms. The van der Waals surface area contributed by atoms with Crippen LogP contribution in [-0.2, 0) is 9.53 Å². The fourth-order valence-corrected chi connectivity index (χ4v) is 3.20. The van der Waals surface area contributed by atoms with Gasteiger partial charge in [0, 0.05) is 32.2 Å². The topological polar surface area (TPSA) is 61.9 Å². The van der Waals surface area contributed by atoms with Crippen molar-refractivity contribution in [3.63, 3.8) is 0 Å². The van der Waals surface area contributed by atoms with Gasteiger partial charge in [-0.25, -0.2) is 4.79 Å². The van der Waals surface area contributed by atoms with Gasteiger partial charge in [0.2, 0.25) is 5.91 Å². The second kappa shape index (κ2) is 7.99.